The fourth-order valence-electron chi connectivity index (χ4n) is 1.79. The number of hydrogen-bond donors (Lipinski definition) is 0. The lowest BCUT2D eigenvalue weighted by Gasteiger charge is -2.05. The summed E-state index contributed by atoms with van der Waals surface area (Å²) in [5.41, 5.74) is 3.50. The van der Waals surface area contributed by atoms with Crippen LogP contribution >= 0.6 is 0 Å². The summed E-state index contributed by atoms with van der Waals surface area (Å²) >= 11 is 0. The van der Waals surface area contributed by atoms with Crippen LogP contribution in [-0.2, 0) is 12.8 Å². The first kappa shape index (κ1) is 11.3. The van der Waals surface area contributed by atoms with Crippen LogP contribution in [0.5, 0.6) is 0 Å². The minimum Gasteiger partial charge on any atom is -0.216 e. The third kappa shape index (κ3) is 2.04. The summed E-state index contributed by atoms with van der Waals surface area (Å²) in [5.74, 6) is 0. The van der Waals surface area contributed by atoms with Gasteiger partial charge in [0.25, 0.3) is 0 Å². The Kier molecular flexibility index (Phi) is 3.20. The van der Waals surface area contributed by atoms with Crippen LogP contribution in [0, 0.1) is 11.3 Å². The van der Waals surface area contributed by atoms with Gasteiger partial charge in [-0.1, -0.05) is 31.2 Å². The molecule has 0 atom stereocenters. The number of nitrogens with zero attached hydrogens (tertiary/aromatic N) is 4. The predicted molar refractivity (Wildman–Crippen MR) is 64.8 cm³/mol. The van der Waals surface area contributed by atoms with E-state index in [0.29, 0.717) is 5.69 Å². The summed E-state index contributed by atoms with van der Waals surface area (Å²) in [7, 11) is 0. The molecular weight excluding hydrogens is 212 g/mol. The van der Waals surface area contributed by atoms with E-state index in [1.165, 1.54) is 5.56 Å². The van der Waals surface area contributed by atoms with Gasteiger partial charge in [-0.05, 0) is 30.5 Å². The second kappa shape index (κ2) is 4.79. The molecule has 0 aliphatic carbocycles. The number of rotatable bonds is 3. The largest absolute Gasteiger partial charge is 0.216 e. The quantitative estimate of drug-likeness (QED) is 0.806. The zero-order valence-corrected chi connectivity index (χ0v) is 10.0. The van der Waals surface area contributed by atoms with E-state index in [0.717, 1.165) is 24.2 Å². The molecule has 17 heavy (non-hydrogen) atoms. The monoisotopic (exact) mass is 226 g/mol. The topological polar surface area (TPSA) is 54.5 Å². The minimum atomic E-state index is 0.409. The van der Waals surface area contributed by atoms with Gasteiger partial charge in [-0.3, -0.25) is 0 Å². The molecule has 1 heterocycles. The lowest BCUT2D eigenvalue weighted by atomic mass is 10.1. The maximum absolute atomic E-state index is 8.93. The number of aromatic nitrogens is 3. The van der Waals surface area contributed by atoms with Gasteiger partial charge in [0.1, 0.15) is 6.07 Å². The van der Waals surface area contributed by atoms with Crippen molar-refractivity contribution >= 4 is 0 Å². The van der Waals surface area contributed by atoms with Crippen LogP contribution in [-0.4, -0.2) is 15.0 Å². The first-order valence-corrected chi connectivity index (χ1v) is 5.74. The molecule has 2 rings (SSSR count). The van der Waals surface area contributed by atoms with Crippen molar-refractivity contribution in [3.63, 3.8) is 0 Å². The zero-order chi connectivity index (χ0) is 12.3. The van der Waals surface area contributed by atoms with Crippen LogP contribution < -0.4 is 0 Å². The molecule has 0 radical (unpaired) electrons. The standard InChI is InChI=1S/C13H14N4/c1-3-10-5-7-11(8-6-10)17-13(4-2)12(9-14)15-16-17/h5-8H,3-4H2,1-2H3. The second-order valence-corrected chi connectivity index (χ2v) is 3.78. The highest BCUT2D eigenvalue weighted by atomic mass is 15.4. The molecule has 0 unspecified atom stereocenters. The highest BCUT2D eigenvalue weighted by Crippen LogP contribution is 2.14. The first-order chi connectivity index (χ1) is 8.30. The normalized spacial score (nSPS) is 10.2. The second-order valence-electron chi connectivity index (χ2n) is 3.78. The average molecular weight is 226 g/mol. The molecule has 0 fully saturated rings. The number of nitriles is 1. The summed E-state index contributed by atoms with van der Waals surface area (Å²) in [6.45, 7) is 4.12. The highest BCUT2D eigenvalue weighted by molar-refractivity contribution is 5.38. The Morgan fingerprint density at radius 2 is 1.88 bits per heavy atom. The van der Waals surface area contributed by atoms with Gasteiger partial charge in [-0.2, -0.15) is 5.26 Å². The summed E-state index contributed by atoms with van der Waals surface area (Å²) in [6.07, 6.45) is 1.76. The highest BCUT2D eigenvalue weighted by Gasteiger charge is 2.11. The van der Waals surface area contributed by atoms with Gasteiger partial charge < -0.3 is 0 Å². The summed E-state index contributed by atoms with van der Waals surface area (Å²) in [5, 5.41) is 16.8. The molecule has 0 bridgehead atoms. The van der Waals surface area contributed by atoms with E-state index in [1.54, 1.807) is 4.68 Å². The van der Waals surface area contributed by atoms with Gasteiger partial charge in [-0.25, -0.2) is 4.68 Å². The Labute approximate surface area is 101 Å². The van der Waals surface area contributed by atoms with Crippen LogP contribution in [0.3, 0.4) is 0 Å². The van der Waals surface area contributed by atoms with Crippen LogP contribution in [0.25, 0.3) is 5.69 Å². The van der Waals surface area contributed by atoms with Crippen molar-refractivity contribution in [3.8, 4) is 11.8 Å². The molecule has 0 aliphatic heterocycles. The van der Waals surface area contributed by atoms with Crippen molar-refractivity contribution in [1.82, 2.24) is 15.0 Å². The SMILES string of the molecule is CCc1ccc(-n2nnc(C#N)c2CC)cc1. The Morgan fingerprint density at radius 1 is 1.18 bits per heavy atom. The van der Waals surface area contributed by atoms with E-state index < -0.39 is 0 Å². The molecule has 2 aromatic rings. The van der Waals surface area contributed by atoms with E-state index in [1.807, 2.05) is 19.1 Å². The maximum Gasteiger partial charge on any atom is 0.186 e. The van der Waals surface area contributed by atoms with Gasteiger partial charge in [-0.15, -0.1) is 5.10 Å². The van der Waals surface area contributed by atoms with E-state index in [4.69, 9.17) is 5.26 Å². The van der Waals surface area contributed by atoms with Crippen molar-refractivity contribution in [1.29, 1.82) is 5.26 Å². The van der Waals surface area contributed by atoms with Crippen LogP contribution in [0.1, 0.15) is 30.8 Å². The Balaban J connectivity index is 2.46. The van der Waals surface area contributed by atoms with Crippen molar-refractivity contribution in [2.24, 2.45) is 0 Å². The lowest BCUT2D eigenvalue weighted by Crippen LogP contribution is -2.02. The zero-order valence-electron chi connectivity index (χ0n) is 10.0. The fraction of sp³-hybridized carbons (Fsp3) is 0.308. The van der Waals surface area contributed by atoms with E-state index in [9.17, 15) is 0 Å². The van der Waals surface area contributed by atoms with Gasteiger partial charge in [0.15, 0.2) is 5.69 Å². The molecule has 0 N–H and O–H groups in total. The average Bonchev–Trinajstić information content (AvgIpc) is 2.81. The van der Waals surface area contributed by atoms with Crippen molar-refractivity contribution < 1.29 is 0 Å². The summed E-state index contributed by atoms with van der Waals surface area (Å²) < 4.78 is 1.73. The van der Waals surface area contributed by atoms with Crippen molar-refractivity contribution in [2.45, 2.75) is 26.7 Å². The van der Waals surface area contributed by atoms with Crippen LogP contribution in [0.2, 0.25) is 0 Å². The van der Waals surface area contributed by atoms with E-state index in [2.05, 4.69) is 35.4 Å². The van der Waals surface area contributed by atoms with E-state index >= 15 is 0 Å². The Morgan fingerprint density at radius 3 is 2.41 bits per heavy atom. The third-order valence-corrected chi connectivity index (χ3v) is 2.79. The fourth-order valence-corrected chi connectivity index (χ4v) is 1.79. The van der Waals surface area contributed by atoms with Crippen molar-refractivity contribution in [2.75, 3.05) is 0 Å². The molecule has 86 valence electrons. The Bertz CT molecular complexity index is 546. The van der Waals surface area contributed by atoms with Gasteiger partial charge in [0.2, 0.25) is 0 Å². The molecule has 1 aromatic heterocycles. The van der Waals surface area contributed by atoms with Gasteiger partial charge in [0, 0.05) is 0 Å². The molecular formula is C13H14N4. The molecule has 4 nitrogen and oxygen atoms in total. The van der Waals surface area contributed by atoms with Gasteiger partial charge >= 0.3 is 0 Å². The molecule has 0 amide bonds. The minimum absolute atomic E-state index is 0.409. The third-order valence-electron chi connectivity index (χ3n) is 2.79. The molecule has 1 aromatic carbocycles. The first-order valence-electron chi connectivity index (χ1n) is 5.74. The number of aryl methyl sites for hydroxylation is 1. The maximum atomic E-state index is 8.93. The van der Waals surface area contributed by atoms with E-state index in [-0.39, 0.29) is 0 Å². The summed E-state index contributed by atoms with van der Waals surface area (Å²) in [6, 6.07) is 10.2. The number of benzene rings is 1. The predicted octanol–water partition coefficient (Wildman–Crippen LogP) is 2.26. The molecule has 4 heteroatoms. The summed E-state index contributed by atoms with van der Waals surface area (Å²) in [4.78, 5) is 0. The number of hydrogen-bond acceptors (Lipinski definition) is 3. The smallest absolute Gasteiger partial charge is 0.186 e. The molecule has 0 spiro atoms. The van der Waals surface area contributed by atoms with Crippen molar-refractivity contribution in [3.05, 3.63) is 41.2 Å². The Hall–Kier alpha value is -2.15. The lowest BCUT2D eigenvalue weighted by molar-refractivity contribution is 0.767. The molecule has 0 saturated heterocycles. The van der Waals surface area contributed by atoms with Crippen LogP contribution in [0.4, 0.5) is 0 Å². The molecule has 0 saturated carbocycles. The molecule has 0 aliphatic rings. The van der Waals surface area contributed by atoms with Gasteiger partial charge in [0.05, 0.1) is 11.4 Å². The van der Waals surface area contributed by atoms with Crippen LogP contribution in [0.15, 0.2) is 24.3 Å².